The van der Waals surface area contributed by atoms with Crippen LogP contribution in [-0.2, 0) is 11.3 Å². The molecule has 0 spiro atoms. The van der Waals surface area contributed by atoms with Crippen molar-refractivity contribution in [1.82, 2.24) is 25.1 Å². The highest BCUT2D eigenvalue weighted by molar-refractivity contribution is 5.78. The predicted molar refractivity (Wildman–Crippen MR) is 77.0 cm³/mol. The number of hydrogen-bond acceptors (Lipinski definition) is 5. The fourth-order valence-electron chi connectivity index (χ4n) is 2.57. The molecule has 0 bridgehead atoms. The van der Waals surface area contributed by atoms with Crippen molar-refractivity contribution in [3.63, 3.8) is 0 Å². The average molecular weight is 277 g/mol. The maximum Gasteiger partial charge on any atom is 0.237 e. The van der Waals surface area contributed by atoms with Gasteiger partial charge in [-0.05, 0) is 40.1 Å². The van der Waals surface area contributed by atoms with E-state index in [1.165, 1.54) is 0 Å². The molecule has 1 aromatic heterocycles. The first-order chi connectivity index (χ1) is 9.61. The number of likely N-dealkylation sites (N-methyl/N-ethyl adjacent to an activating group) is 1. The van der Waals surface area contributed by atoms with Crippen LogP contribution >= 0.6 is 0 Å². The minimum atomic E-state index is 0.0259. The van der Waals surface area contributed by atoms with Crippen LogP contribution in [0.2, 0.25) is 0 Å². The molecule has 1 aromatic rings. The molecule has 0 saturated carbocycles. The Hall–Kier alpha value is -1.53. The van der Waals surface area contributed by atoms with Crippen LogP contribution in [0.5, 0.6) is 0 Å². The van der Waals surface area contributed by atoms with Gasteiger partial charge in [0, 0.05) is 19.3 Å². The number of amides is 1. The van der Waals surface area contributed by atoms with Crippen LogP contribution in [0.15, 0.2) is 12.3 Å². The van der Waals surface area contributed by atoms with Crippen molar-refractivity contribution in [1.29, 1.82) is 0 Å². The molecule has 0 radical (unpaired) electrons. The number of nitrogens with one attached hydrogen (secondary N) is 1. The quantitative estimate of drug-likeness (QED) is 0.845. The fourth-order valence-corrected chi connectivity index (χ4v) is 2.57. The maximum absolute atomic E-state index is 12.1. The number of rotatable bonds is 5. The maximum atomic E-state index is 12.1. The third-order valence-corrected chi connectivity index (χ3v) is 3.41. The second-order valence-corrected chi connectivity index (χ2v) is 5.42. The lowest BCUT2D eigenvalue weighted by molar-refractivity contribution is -0.131. The molecule has 1 aliphatic heterocycles. The summed E-state index contributed by atoms with van der Waals surface area (Å²) in [6.07, 6.45) is 3.75. The summed E-state index contributed by atoms with van der Waals surface area (Å²) in [6, 6.07) is 1.95. The summed E-state index contributed by atoms with van der Waals surface area (Å²) in [6.45, 7) is 1.95. The fraction of sp³-hybridized carbons (Fsp3) is 0.643. The molecule has 2 rings (SSSR count). The Bertz CT molecular complexity index is 463. The van der Waals surface area contributed by atoms with E-state index in [9.17, 15) is 4.79 Å². The van der Waals surface area contributed by atoms with Crippen molar-refractivity contribution in [2.45, 2.75) is 25.4 Å². The molecular weight excluding hydrogens is 254 g/mol. The molecular formula is C14H23N5O. The highest BCUT2D eigenvalue weighted by atomic mass is 16.2. The minimum Gasteiger partial charge on any atom is -0.331 e. The van der Waals surface area contributed by atoms with Gasteiger partial charge in [0.25, 0.3) is 0 Å². The summed E-state index contributed by atoms with van der Waals surface area (Å²) in [4.78, 5) is 25.1. The molecule has 6 heteroatoms. The van der Waals surface area contributed by atoms with Crippen LogP contribution in [0.4, 0.5) is 0 Å². The largest absolute Gasteiger partial charge is 0.331 e. The first kappa shape index (κ1) is 14.9. The molecule has 1 fully saturated rings. The molecule has 0 aliphatic carbocycles. The lowest BCUT2D eigenvalue weighted by Gasteiger charge is -2.24. The van der Waals surface area contributed by atoms with E-state index in [4.69, 9.17) is 0 Å². The van der Waals surface area contributed by atoms with Crippen LogP contribution in [0.1, 0.15) is 30.4 Å². The molecule has 110 valence electrons. The van der Waals surface area contributed by atoms with Crippen LogP contribution < -0.4 is 5.32 Å². The Morgan fingerprint density at radius 3 is 3.05 bits per heavy atom. The molecule has 1 saturated heterocycles. The third-order valence-electron chi connectivity index (χ3n) is 3.41. The van der Waals surface area contributed by atoms with Gasteiger partial charge in [-0.3, -0.25) is 4.79 Å². The van der Waals surface area contributed by atoms with Crippen molar-refractivity contribution < 1.29 is 4.79 Å². The molecule has 1 unspecified atom stereocenters. The summed E-state index contributed by atoms with van der Waals surface area (Å²) in [7, 11) is 5.82. The average Bonchev–Trinajstić information content (AvgIpc) is 2.87. The van der Waals surface area contributed by atoms with Gasteiger partial charge in [0.1, 0.15) is 0 Å². The zero-order chi connectivity index (χ0) is 14.5. The number of carbonyl (C=O) groups is 1. The Balaban J connectivity index is 2.15. The second-order valence-electron chi connectivity index (χ2n) is 5.42. The highest BCUT2D eigenvalue weighted by Crippen LogP contribution is 2.29. The van der Waals surface area contributed by atoms with Crippen molar-refractivity contribution in [2.75, 3.05) is 34.2 Å². The molecule has 1 amide bonds. The van der Waals surface area contributed by atoms with E-state index in [-0.39, 0.29) is 11.9 Å². The molecule has 20 heavy (non-hydrogen) atoms. The van der Waals surface area contributed by atoms with Crippen LogP contribution in [-0.4, -0.2) is 59.9 Å². The normalized spacial score (nSPS) is 18.8. The van der Waals surface area contributed by atoms with Gasteiger partial charge in [-0.15, -0.1) is 0 Å². The number of hydrogen-bond donors (Lipinski definition) is 1. The Morgan fingerprint density at radius 1 is 1.55 bits per heavy atom. The van der Waals surface area contributed by atoms with Crippen molar-refractivity contribution in [3.8, 4) is 0 Å². The first-order valence-corrected chi connectivity index (χ1v) is 7.02. The summed E-state index contributed by atoms with van der Waals surface area (Å²) in [5.74, 6) is 0.892. The first-order valence-electron chi connectivity index (χ1n) is 7.02. The summed E-state index contributed by atoms with van der Waals surface area (Å²) in [5, 5.41) is 2.92. The van der Waals surface area contributed by atoms with Gasteiger partial charge in [0.15, 0.2) is 5.82 Å². The molecule has 1 aliphatic rings. The molecule has 6 nitrogen and oxygen atoms in total. The lowest BCUT2D eigenvalue weighted by atomic mass is 10.2. The van der Waals surface area contributed by atoms with Gasteiger partial charge in [0.05, 0.1) is 18.3 Å². The predicted octanol–water partition coefficient (Wildman–Crippen LogP) is 0.421. The van der Waals surface area contributed by atoms with Gasteiger partial charge in [0.2, 0.25) is 5.91 Å². The van der Waals surface area contributed by atoms with Crippen LogP contribution in [0.3, 0.4) is 0 Å². The van der Waals surface area contributed by atoms with Gasteiger partial charge >= 0.3 is 0 Å². The van der Waals surface area contributed by atoms with Crippen molar-refractivity contribution in [3.05, 3.63) is 23.8 Å². The standard InChI is InChI=1S/C14H23N5O/c1-15-9-13(20)19-8-4-5-12(19)14-16-7-6-11(17-14)10-18(2)3/h6-7,12,15H,4-5,8-10H2,1-3H3. The zero-order valence-electron chi connectivity index (χ0n) is 12.5. The van der Waals surface area contributed by atoms with Crippen LogP contribution in [0.25, 0.3) is 0 Å². The number of aromatic nitrogens is 2. The Kier molecular flexibility index (Phi) is 5.03. The Morgan fingerprint density at radius 2 is 2.35 bits per heavy atom. The van der Waals surface area contributed by atoms with E-state index in [0.29, 0.717) is 6.54 Å². The van der Waals surface area contributed by atoms with Gasteiger partial charge in [-0.1, -0.05) is 0 Å². The monoisotopic (exact) mass is 277 g/mol. The number of nitrogens with zero attached hydrogens (tertiary/aromatic N) is 4. The van der Waals surface area contributed by atoms with E-state index in [2.05, 4.69) is 20.2 Å². The molecule has 1 atom stereocenters. The SMILES string of the molecule is CNCC(=O)N1CCCC1c1nccc(CN(C)C)n1. The van der Waals surface area contributed by atoms with E-state index >= 15 is 0 Å². The number of likely N-dealkylation sites (tertiary alicyclic amines) is 1. The summed E-state index contributed by atoms with van der Waals surface area (Å²) >= 11 is 0. The third kappa shape index (κ3) is 3.52. The van der Waals surface area contributed by atoms with Gasteiger partial charge < -0.3 is 15.1 Å². The minimum absolute atomic E-state index is 0.0259. The smallest absolute Gasteiger partial charge is 0.237 e. The molecule has 0 aromatic carbocycles. The summed E-state index contributed by atoms with van der Waals surface area (Å²) < 4.78 is 0. The van der Waals surface area contributed by atoms with Gasteiger partial charge in [-0.2, -0.15) is 0 Å². The van der Waals surface area contributed by atoms with E-state index in [0.717, 1.165) is 37.4 Å². The highest BCUT2D eigenvalue weighted by Gasteiger charge is 2.31. The van der Waals surface area contributed by atoms with Gasteiger partial charge in [-0.25, -0.2) is 9.97 Å². The topological polar surface area (TPSA) is 61.4 Å². The second kappa shape index (κ2) is 6.76. The van der Waals surface area contributed by atoms with Crippen LogP contribution in [0, 0.1) is 0 Å². The Labute approximate surface area is 120 Å². The molecule has 2 heterocycles. The van der Waals surface area contributed by atoms with E-state index in [1.54, 1.807) is 13.2 Å². The zero-order valence-corrected chi connectivity index (χ0v) is 12.5. The number of carbonyl (C=O) groups excluding carboxylic acids is 1. The van der Waals surface area contributed by atoms with Crippen molar-refractivity contribution >= 4 is 5.91 Å². The molecule has 1 N–H and O–H groups in total. The lowest BCUT2D eigenvalue weighted by Crippen LogP contribution is -2.37. The van der Waals surface area contributed by atoms with E-state index in [1.807, 2.05) is 25.1 Å². The van der Waals surface area contributed by atoms with E-state index < -0.39 is 0 Å². The van der Waals surface area contributed by atoms with Crippen molar-refractivity contribution in [2.24, 2.45) is 0 Å². The summed E-state index contributed by atoms with van der Waals surface area (Å²) in [5.41, 5.74) is 0.993.